The summed E-state index contributed by atoms with van der Waals surface area (Å²) >= 11 is 5.87. The summed E-state index contributed by atoms with van der Waals surface area (Å²) in [6, 6.07) is 0. The molecule has 0 bridgehead atoms. The highest BCUT2D eigenvalue weighted by atomic mass is 35.5. The van der Waals surface area contributed by atoms with Gasteiger partial charge >= 0.3 is 0 Å². The molecule has 0 atom stereocenters. The molecule has 1 aliphatic rings. The van der Waals surface area contributed by atoms with Crippen molar-refractivity contribution in [1.82, 2.24) is 5.32 Å². The lowest BCUT2D eigenvalue weighted by Crippen LogP contribution is -2.33. The van der Waals surface area contributed by atoms with E-state index in [9.17, 15) is 0 Å². The number of halogens is 1. The third kappa shape index (κ3) is 4.65. The van der Waals surface area contributed by atoms with Crippen molar-refractivity contribution in [2.75, 3.05) is 12.4 Å². The van der Waals surface area contributed by atoms with Crippen LogP contribution in [0.15, 0.2) is 0 Å². The van der Waals surface area contributed by atoms with Crippen molar-refractivity contribution >= 4 is 11.6 Å². The molecule has 0 spiro atoms. The van der Waals surface area contributed by atoms with Crippen molar-refractivity contribution in [1.29, 1.82) is 0 Å². The van der Waals surface area contributed by atoms with Crippen molar-refractivity contribution in [3.63, 3.8) is 0 Å². The van der Waals surface area contributed by atoms with Gasteiger partial charge in [0.25, 0.3) is 0 Å². The Hall–Kier alpha value is 0.250. The second-order valence-electron chi connectivity index (χ2n) is 4.61. The molecular weight excluding hydrogens is 194 g/mol. The van der Waals surface area contributed by atoms with Gasteiger partial charge in [0, 0.05) is 11.4 Å². The van der Waals surface area contributed by atoms with E-state index in [0.717, 1.165) is 5.88 Å². The number of alkyl halides is 1. The summed E-state index contributed by atoms with van der Waals surface area (Å²) in [6.07, 6.45) is 10.8. The van der Waals surface area contributed by atoms with E-state index >= 15 is 0 Å². The molecular formula is C12H24ClN. The highest BCUT2D eigenvalue weighted by molar-refractivity contribution is 6.18. The normalized spacial score (nSPS) is 18.4. The van der Waals surface area contributed by atoms with E-state index in [1.54, 1.807) is 0 Å². The molecule has 1 N–H and O–H groups in total. The fourth-order valence-electron chi connectivity index (χ4n) is 1.77. The van der Waals surface area contributed by atoms with E-state index < -0.39 is 0 Å². The first kappa shape index (κ1) is 12.3. The van der Waals surface area contributed by atoms with Crippen LogP contribution in [0.3, 0.4) is 0 Å². The van der Waals surface area contributed by atoms with Gasteiger partial charge in [-0.05, 0) is 25.8 Å². The Morgan fingerprint density at radius 1 is 1.07 bits per heavy atom. The van der Waals surface area contributed by atoms with Crippen molar-refractivity contribution in [2.45, 2.75) is 63.8 Å². The second-order valence-corrected chi connectivity index (χ2v) is 4.88. The van der Waals surface area contributed by atoms with Crippen LogP contribution in [0, 0.1) is 0 Å². The van der Waals surface area contributed by atoms with Crippen LogP contribution in [0.25, 0.3) is 0 Å². The summed E-state index contributed by atoms with van der Waals surface area (Å²) in [4.78, 5) is 0. The lowest BCUT2D eigenvalue weighted by molar-refractivity contribution is 0.508. The van der Waals surface area contributed by atoms with Gasteiger partial charge in [-0.1, -0.05) is 39.0 Å². The first-order chi connectivity index (χ1) is 6.83. The monoisotopic (exact) mass is 217 g/mol. The van der Waals surface area contributed by atoms with E-state index in [2.05, 4.69) is 12.2 Å². The van der Waals surface area contributed by atoms with Crippen LogP contribution < -0.4 is 5.32 Å². The summed E-state index contributed by atoms with van der Waals surface area (Å²) in [6.45, 7) is 3.43. The first-order valence-electron chi connectivity index (χ1n) is 6.14. The van der Waals surface area contributed by atoms with Gasteiger partial charge in [0.1, 0.15) is 0 Å². The summed E-state index contributed by atoms with van der Waals surface area (Å²) in [5, 5.41) is 3.58. The number of unbranched alkanes of at least 4 members (excludes halogenated alkanes) is 5. The predicted molar refractivity (Wildman–Crippen MR) is 64.1 cm³/mol. The van der Waals surface area contributed by atoms with Crippen LogP contribution in [0.4, 0.5) is 0 Å². The second kappa shape index (κ2) is 6.68. The Bertz CT molecular complexity index is 143. The van der Waals surface area contributed by atoms with Crippen LogP contribution >= 0.6 is 11.6 Å². The van der Waals surface area contributed by atoms with Crippen LogP contribution in [0.1, 0.15) is 58.3 Å². The first-order valence-corrected chi connectivity index (χ1v) is 6.67. The molecule has 0 radical (unpaired) electrons. The number of hydrogen-bond donors (Lipinski definition) is 1. The van der Waals surface area contributed by atoms with Gasteiger partial charge in [0.2, 0.25) is 0 Å². The minimum absolute atomic E-state index is 0.352. The standard InChI is InChI=1S/C12H24ClN/c1-2-3-4-5-6-7-10-14-12(11-13)8-9-12/h14H,2-11H2,1H3. The van der Waals surface area contributed by atoms with Crippen molar-refractivity contribution in [2.24, 2.45) is 0 Å². The zero-order valence-corrected chi connectivity index (χ0v) is 10.2. The third-order valence-electron chi connectivity index (χ3n) is 3.14. The predicted octanol–water partition coefficient (Wildman–Crippen LogP) is 3.71. The molecule has 1 saturated carbocycles. The summed E-state index contributed by atoms with van der Waals surface area (Å²) in [7, 11) is 0. The van der Waals surface area contributed by atoms with E-state index in [-0.39, 0.29) is 0 Å². The van der Waals surface area contributed by atoms with Gasteiger partial charge in [0.05, 0.1) is 0 Å². The Balaban J connectivity index is 1.80. The zero-order chi connectivity index (χ0) is 10.3. The van der Waals surface area contributed by atoms with Gasteiger partial charge in [-0.2, -0.15) is 0 Å². The lowest BCUT2D eigenvalue weighted by atomic mass is 10.1. The maximum absolute atomic E-state index is 5.87. The van der Waals surface area contributed by atoms with Crippen molar-refractivity contribution < 1.29 is 0 Å². The molecule has 84 valence electrons. The Kier molecular flexibility index (Phi) is 5.88. The van der Waals surface area contributed by atoms with Gasteiger partial charge < -0.3 is 5.32 Å². The molecule has 0 unspecified atom stereocenters. The van der Waals surface area contributed by atoms with Crippen LogP contribution in [0.5, 0.6) is 0 Å². The van der Waals surface area contributed by atoms with Gasteiger partial charge in [-0.25, -0.2) is 0 Å². The van der Waals surface area contributed by atoms with Crippen LogP contribution in [-0.4, -0.2) is 18.0 Å². The Labute approximate surface area is 93.6 Å². The molecule has 1 rings (SSSR count). The molecule has 0 amide bonds. The summed E-state index contributed by atoms with van der Waals surface area (Å²) < 4.78 is 0. The van der Waals surface area contributed by atoms with Crippen LogP contribution in [-0.2, 0) is 0 Å². The fraction of sp³-hybridized carbons (Fsp3) is 1.00. The molecule has 1 aliphatic carbocycles. The molecule has 1 fully saturated rings. The van der Waals surface area contributed by atoms with Crippen LogP contribution in [0.2, 0.25) is 0 Å². The molecule has 14 heavy (non-hydrogen) atoms. The lowest BCUT2D eigenvalue weighted by Gasteiger charge is -2.13. The molecule has 0 aromatic carbocycles. The molecule has 0 saturated heterocycles. The molecule has 0 aliphatic heterocycles. The Morgan fingerprint density at radius 2 is 1.71 bits per heavy atom. The largest absolute Gasteiger partial charge is 0.310 e. The maximum atomic E-state index is 5.87. The third-order valence-corrected chi connectivity index (χ3v) is 3.65. The van der Waals surface area contributed by atoms with E-state index in [1.807, 2.05) is 0 Å². The number of hydrogen-bond acceptors (Lipinski definition) is 1. The van der Waals surface area contributed by atoms with Crippen molar-refractivity contribution in [3.05, 3.63) is 0 Å². The molecule has 0 aromatic heterocycles. The van der Waals surface area contributed by atoms with E-state index in [1.165, 1.54) is 57.9 Å². The number of nitrogens with one attached hydrogen (secondary N) is 1. The average molecular weight is 218 g/mol. The highest BCUT2D eigenvalue weighted by Crippen LogP contribution is 2.36. The topological polar surface area (TPSA) is 12.0 Å². The smallest absolute Gasteiger partial charge is 0.0406 e. The van der Waals surface area contributed by atoms with Gasteiger partial charge in [-0.15, -0.1) is 11.6 Å². The van der Waals surface area contributed by atoms with E-state index in [4.69, 9.17) is 11.6 Å². The zero-order valence-electron chi connectivity index (χ0n) is 9.45. The minimum Gasteiger partial charge on any atom is -0.310 e. The Morgan fingerprint density at radius 3 is 2.29 bits per heavy atom. The number of rotatable bonds is 9. The quantitative estimate of drug-likeness (QED) is 0.459. The summed E-state index contributed by atoms with van der Waals surface area (Å²) in [5.74, 6) is 0.794. The maximum Gasteiger partial charge on any atom is 0.0406 e. The van der Waals surface area contributed by atoms with E-state index in [0.29, 0.717) is 5.54 Å². The van der Waals surface area contributed by atoms with Gasteiger partial charge in [-0.3, -0.25) is 0 Å². The summed E-state index contributed by atoms with van der Waals surface area (Å²) in [5.41, 5.74) is 0.352. The molecule has 0 heterocycles. The van der Waals surface area contributed by atoms with Crippen molar-refractivity contribution in [3.8, 4) is 0 Å². The molecule has 0 aromatic rings. The molecule has 2 heteroatoms. The average Bonchev–Trinajstić information content (AvgIpc) is 2.98. The fourth-order valence-corrected chi connectivity index (χ4v) is 2.13. The minimum atomic E-state index is 0.352. The highest BCUT2D eigenvalue weighted by Gasteiger charge is 2.40. The SMILES string of the molecule is CCCCCCCCNC1(CCl)CC1. The van der Waals surface area contributed by atoms with Gasteiger partial charge in [0.15, 0.2) is 0 Å². The molecule has 1 nitrogen and oxygen atoms in total.